The van der Waals surface area contributed by atoms with Crippen LogP contribution in [-0.4, -0.2) is 19.1 Å². The van der Waals surface area contributed by atoms with Gasteiger partial charge < -0.3 is 15.4 Å². The van der Waals surface area contributed by atoms with Crippen LogP contribution in [0.5, 0.6) is 5.75 Å². The maximum Gasteiger partial charge on any atom is 0.190 e. The van der Waals surface area contributed by atoms with Crippen LogP contribution in [0.1, 0.15) is 36.8 Å². The molecule has 1 atom stereocenters. The highest BCUT2D eigenvalue weighted by Crippen LogP contribution is 2.34. The second-order valence-electron chi connectivity index (χ2n) is 5.08. The minimum Gasteiger partial charge on any atom is -0.497 e. The molecule has 0 aliphatic heterocycles. The second-order valence-corrected chi connectivity index (χ2v) is 6.14. The summed E-state index contributed by atoms with van der Waals surface area (Å²) in [6.45, 7) is 4.93. The quantitative estimate of drug-likeness (QED) is 0.879. The number of hydrogen-bond acceptors (Lipinski definition) is 5. The standard InChI is InChI=1S/C16H23N3OS/c1-5-11(2)15-14(10-17)21-16(18-15)19(3)12-6-8-13(20-4)9-7-12/h6-9,11H,5,10,17H2,1-4H3. The average Bonchev–Trinajstić information content (AvgIpc) is 2.97. The van der Waals surface area contributed by atoms with Crippen LogP contribution in [0.4, 0.5) is 10.8 Å². The van der Waals surface area contributed by atoms with Gasteiger partial charge in [-0.25, -0.2) is 4.98 Å². The molecule has 0 saturated heterocycles. The van der Waals surface area contributed by atoms with Gasteiger partial charge in [-0.1, -0.05) is 25.2 Å². The van der Waals surface area contributed by atoms with Crippen molar-refractivity contribution in [2.24, 2.45) is 5.73 Å². The molecule has 1 aromatic heterocycles. The Hall–Kier alpha value is -1.59. The molecule has 0 fully saturated rings. The van der Waals surface area contributed by atoms with Gasteiger partial charge in [0, 0.05) is 24.2 Å². The Balaban J connectivity index is 2.29. The third-order valence-corrected chi connectivity index (χ3v) is 4.90. The van der Waals surface area contributed by atoms with Gasteiger partial charge in [-0.05, 0) is 36.6 Å². The van der Waals surface area contributed by atoms with Gasteiger partial charge in [-0.2, -0.15) is 0 Å². The SMILES string of the molecule is CCC(C)c1nc(N(C)c2ccc(OC)cc2)sc1CN. The van der Waals surface area contributed by atoms with E-state index in [0.29, 0.717) is 12.5 Å². The number of rotatable bonds is 6. The molecule has 0 bridgehead atoms. The van der Waals surface area contributed by atoms with Crippen LogP contribution in [-0.2, 0) is 6.54 Å². The van der Waals surface area contributed by atoms with Crippen LogP contribution >= 0.6 is 11.3 Å². The zero-order valence-electron chi connectivity index (χ0n) is 13.1. The Morgan fingerprint density at radius 2 is 2.00 bits per heavy atom. The predicted molar refractivity (Wildman–Crippen MR) is 89.8 cm³/mol. The van der Waals surface area contributed by atoms with E-state index in [-0.39, 0.29) is 0 Å². The van der Waals surface area contributed by atoms with Crippen molar-refractivity contribution in [2.45, 2.75) is 32.7 Å². The zero-order valence-corrected chi connectivity index (χ0v) is 13.9. The monoisotopic (exact) mass is 305 g/mol. The summed E-state index contributed by atoms with van der Waals surface area (Å²) in [6, 6.07) is 7.98. The lowest BCUT2D eigenvalue weighted by Crippen LogP contribution is -2.09. The number of hydrogen-bond donors (Lipinski definition) is 1. The third kappa shape index (κ3) is 3.36. The summed E-state index contributed by atoms with van der Waals surface area (Å²) in [5.41, 5.74) is 8.09. The molecule has 2 rings (SSSR count). The molecule has 1 unspecified atom stereocenters. The molecule has 5 heteroatoms. The molecule has 4 nitrogen and oxygen atoms in total. The Morgan fingerprint density at radius 1 is 1.33 bits per heavy atom. The number of aromatic nitrogens is 1. The third-order valence-electron chi connectivity index (χ3n) is 3.73. The van der Waals surface area contributed by atoms with E-state index in [4.69, 9.17) is 15.5 Å². The van der Waals surface area contributed by atoms with Crippen LogP contribution in [0.25, 0.3) is 0 Å². The van der Waals surface area contributed by atoms with Gasteiger partial charge in [-0.3, -0.25) is 0 Å². The van der Waals surface area contributed by atoms with Crippen LogP contribution < -0.4 is 15.4 Å². The molecule has 0 aliphatic rings. The van der Waals surface area contributed by atoms with Gasteiger partial charge in [0.15, 0.2) is 5.13 Å². The smallest absolute Gasteiger partial charge is 0.190 e. The molecule has 2 N–H and O–H groups in total. The normalized spacial score (nSPS) is 12.2. The number of thiazole rings is 1. The molecule has 114 valence electrons. The maximum absolute atomic E-state index is 5.87. The highest BCUT2D eigenvalue weighted by molar-refractivity contribution is 7.15. The molecule has 0 saturated carbocycles. The molecular weight excluding hydrogens is 282 g/mol. The summed E-state index contributed by atoms with van der Waals surface area (Å²) in [5, 5.41) is 0.982. The van der Waals surface area contributed by atoms with Crippen molar-refractivity contribution in [3.8, 4) is 5.75 Å². The fourth-order valence-corrected chi connectivity index (χ4v) is 3.18. The van der Waals surface area contributed by atoms with Crippen molar-refractivity contribution < 1.29 is 4.74 Å². The van der Waals surface area contributed by atoms with Crippen molar-refractivity contribution in [3.05, 3.63) is 34.8 Å². The van der Waals surface area contributed by atoms with Gasteiger partial charge in [-0.15, -0.1) is 0 Å². The molecule has 1 aromatic carbocycles. The topological polar surface area (TPSA) is 51.4 Å². The maximum atomic E-state index is 5.87. The number of nitrogens with zero attached hydrogens (tertiary/aromatic N) is 2. The minimum absolute atomic E-state index is 0.442. The van der Waals surface area contributed by atoms with Crippen LogP contribution in [0.3, 0.4) is 0 Å². The summed E-state index contributed by atoms with van der Waals surface area (Å²) >= 11 is 1.67. The number of benzene rings is 1. The van der Waals surface area contributed by atoms with Gasteiger partial charge in [0.25, 0.3) is 0 Å². The Labute approximate surface area is 130 Å². The summed E-state index contributed by atoms with van der Waals surface area (Å²) in [5.74, 6) is 1.30. The molecule has 0 aliphatic carbocycles. The van der Waals surface area contributed by atoms with Crippen LogP contribution in [0.15, 0.2) is 24.3 Å². The van der Waals surface area contributed by atoms with E-state index in [0.717, 1.165) is 28.7 Å². The summed E-state index contributed by atoms with van der Waals surface area (Å²) in [7, 11) is 3.70. The van der Waals surface area contributed by atoms with Gasteiger partial charge in [0.1, 0.15) is 5.75 Å². The first-order chi connectivity index (χ1) is 10.1. The number of nitrogens with two attached hydrogens (primary N) is 1. The highest BCUT2D eigenvalue weighted by Gasteiger charge is 2.17. The lowest BCUT2D eigenvalue weighted by molar-refractivity contribution is 0.415. The average molecular weight is 305 g/mol. The molecule has 21 heavy (non-hydrogen) atoms. The van der Waals surface area contributed by atoms with Crippen molar-refractivity contribution >= 4 is 22.2 Å². The van der Waals surface area contributed by atoms with Crippen molar-refractivity contribution in [2.75, 3.05) is 19.1 Å². The van der Waals surface area contributed by atoms with E-state index in [1.54, 1.807) is 18.4 Å². The Kier molecular flexibility index (Phi) is 5.20. The van der Waals surface area contributed by atoms with Gasteiger partial charge in [0.05, 0.1) is 12.8 Å². The van der Waals surface area contributed by atoms with E-state index < -0.39 is 0 Å². The first kappa shape index (κ1) is 15.8. The van der Waals surface area contributed by atoms with Crippen LogP contribution in [0.2, 0.25) is 0 Å². The largest absolute Gasteiger partial charge is 0.497 e. The summed E-state index contributed by atoms with van der Waals surface area (Å²) in [6.07, 6.45) is 1.07. The lowest BCUT2D eigenvalue weighted by atomic mass is 10.0. The van der Waals surface area contributed by atoms with Crippen molar-refractivity contribution in [3.63, 3.8) is 0 Å². The molecule has 0 spiro atoms. The first-order valence-corrected chi connectivity index (χ1v) is 7.99. The lowest BCUT2D eigenvalue weighted by Gasteiger charge is -2.16. The molecular formula is C16H23N3OS. The fourth-order valence-electron chi connectivity index (χ4n) is 2.14. The van der Waals surface area contributed by atoms with E-state index in [1.807, 2.05) is 31.3 Å². The summed E-state index contributed by atoms with van der Waals surface area (Å²) < 4.78 is 5.19. The molecule has 2 aromatic rings. The fraction of sp³-hybridized carbons (Fsp3) is 0.438. The zero-order chi connectivity index (χ0) is 15.4. The van der Waals surface area contributed by atoms with E-state index >= 15 is 0 Å². The predicted octanol–water partition coefficient (Wildman–Crippen LogP) is 3.89. The minimum atomic E-state index is 0.442. The summed E-state index contributed by atoms with van der Waals surface area (Å²) in [4.78, 5) is 8.08. The van der Waals surface area contributed by atoms with Crippen molar-refractivity contribution in [1.82, 2.24) is 4.98 Å². The highest BCUT2D eigenvalue weighted by atomic mass is 32.1. The van der Waals surface area contributed by atoms with Crippen LogP contribution in [0, 0.1) is 0 Å². The Bertz CT molecular complexity index is 580. The van der Waals surface area contributed by atoms with Crippen molar-refractivity contribution in [1.29, 1.82) is 0 Å². The first-order valence-electron chi connectivity index (χ1n) is 7.18. The Morgan fingerprint density at radius 3 is 2.52 bits per heavy atom. The number of anilines is 2. The number of methoxy groups -OCH3 is 1. The molecule has 0 radical (unpaired) electrons. The second kappa shape index (κ2) is 6.91. The van der Waals surface area contributed by atoms with Gasteiger partial charge in [0.2, 0.25) is 0 Å². The molecule has 1 heterocycles. The molecule has 0 amide bonds. The van der Waals surface area contributed by atoms with E-state index in [2.05, 4.69) is 18.7 Å². The van der Waals surface area contributed by atoms with Gasteiger partial charge >= 0.3 is 0 Å². The van der Waals surface area contributed by atoms with E-state index in [1.165, 1.54) is 4.88 Å². The number of ether oxygens (including phenoxy) is 1. The van der Waals surface area contributed by atoms with E-state index in [9.17, 15) is 0 Å².